The number of rotatable bonds is 5. The molecule has 116 valence electrons. The van der Waals surface area contributed by atoms with Gasteiger partial charge in [0.05, 0.1) is 12.1 Å². The van der Waals surface area contributed by atoms with Crippen molar-refractivity contribution in [3.05, 3.63) is 0 Å². The lowest BCUT2D eigenvalue weighted by atomic mass is 9.78. The van der Waals surface area contributed by atoms with Crippen molar-refractivity contribution in [1.29, 1.82) is 0 Å². The molecule has 8 heteroatoms. The maximum absolute atomic E-state index is 11.3. The van der Waals surface area contributed by atoms with Gasteiger partial charge in [0, 0.05) is 0 Å². The van der Waals surface area contributed by atoms with Gasteiger partial charge in [0.15, 0.2) is 0 Å². The highest BCUT2D eigenvalue weighted by molar-refractivity contribution is 5.72. The highest BCUT2D eigenvalue weighted by Crippen LogP contribution is 2.32. The van der Waals surface area contributed by atoms with Crippen molar-refractivity contribution in [2.45, 2.75) is 57.5 Å². The lowest BCUT2D eigenvalue weighted by Gasteiger charge is -2.41. The van der Waals surface area contributed by atoms with Crippen LogP contribution in [0.5, 0.6) is 0 Å². The molecular formula is C12H26N6O2. The minimum atomic E-state index is -0.637. The first-order chi connectivity index (χ1) is 9.38. The van der Waals surface area contributed by atoms with Gasteiger partial charge in [-0.15, -0.1) is 0 Å². The summed E-state index contributed by atoms with van der Waals surface area (Å²) >= 11 is 0. The van der Waals surface area contributed by atoms with Crippen LogP contribution in [-0.4, -0.2) is 34.2 Å². The Kier molecular flexibility index (Phi) is 6.03. The van der Waals surface area contributed by atoms with Crippen LogP contribution in [0.15, 0.2) is 0 Å². The van der Waals surface area contributed by atoms with Gasteiger partial charge in [-0.05, 0) is 31.6 Å². The average molecular weight is 286 g/mol. The van der Waals surface area contributed by atoms with Crippen molar-refractivity contribution in [3.8, 4) is 0 Å². The summed E-state index contributed by atoms with van der Waals surface area (Å²) in [6.45, 7) is 2.10. The summed E-state index contributed by atoms with van der Waals surface area (Å²) in [5.41, 5.74) is 10.5. The third-order valence-corrected chi connectivity index (χ3v) is 4.10. The number of hydrazine groups is 2. The molecule has 0 radical (unpaired) electrons. The third kappa shape index (κ3) is 3.97. The second-order valence-electron chi connectivity index (χ2n) is 5.43. The van der Waals surface area contributed by atoms with Crippen LogP contribution in [-0.2, 0) is 0 Å². The van der Waals surface area contributed by atoms with E-state index >= 15 is 0 Å². The van der Waals surface area contributed by atoms with Gasteiger partial charge in [0.2, 0.25) is 0 Å². The second-order valence-corrected chi connectivity index (χ2v) is 5.43. The molecule has 0 saturated heterocycles. The molecule has 0 aromatic rings. The van der Waals surface area contributed by atoms with Crippen LogP contribution in [0.1, 0.15) is 45.4 Å². The Bertz CT molecular complexity index is 351. The van der Waals surface area contributed by atoms with E-state index in [0.717, 1.165) is 29.3 Å². The van der Waals surface area contributed by atoms with Crippen molar-refractivity contribution in [3.63, 3.8) is 0 Å². The first-order valence-electron chi connectivity index (χ1n) is 7.05. The van der Waals surface area contributed by atoms with E-state index < -0.39 is 12.1 Å². The zero-order chi connectivity index (χ0) is 15.3. The predicted molar refractivity (Wildman–Crippen MR) is 75.7 cm³/mol. The van der Waals surface area contributed by atoms with E-state index in [0.29, 0.717) is 19.3 Å². The average Bonchev–Trinajstić information content (AvgIpc) is 2.42. The zero-order valence-electron chi connectivity index (χ0n) is 12.0. The third-order valence-electron chi connectivity index (χ3n) is 4.10. The van der Waals surface area contributed by atoms with Crippen molar-refractivity contribution < 1.29 is 9.59 Å². The Hall–Kier alpha value is -1.54. The summed E-state index contributed by atoms with van der Waals surface area (Å²) in [4.78, 5) is 22.4. The van der Waals surface area contributed by atoms with E-state index in [1.807, 2.05) is 0 Å². The van der Waals surface area contributed by atoms with E-state index in [9.17, 15) is 9.59 Å². The van der Waals surface area contributed by atoms with Gasteiger partial charge in [-0.2, -0.15) is 0 Å². The van der Waals surface area contributed by atoms with Gasteiger partial charge in [0.25, 0.3) is 0 Å². The number of urea groups is 2. The lowest BCUT2D eigenvalue weighted by molar-refractivity contribution is 0.0761. The summed E-state index contributed by atoms with van der Waals surface area (Å²) in [5.74, 6) is 11.6. The van der Waals surface area contributed by atoms with E-state index in [1.54, 1.807) is 0 Å². The fraction of sp³-hybridized carbons (Fsp3) is 0.833. The van der Waals surface area contributed by atoms with Gasteiger partial charge in [0.1, 0.15) is 0 Å². The second kappa shape index (κ2) is 7.30. The van der Waals surface area contributed by atoms with Crippen LogP contribution in [0.2, 0.25) is 0 Å². The number of nitrogens with zero attached hydrogens (tertiary/aromatic N) is 2. The summed E-state index contributed by atoms with van der Waals surface area (Å²) < 4.78 is 0. The van der Waals surface area contributed by atoms with Gasteiger partial charge in [-0.3, -0.25) is 10.0 Å². The van der Waals surface area contributed by atoms with E-state index in [2.05, 4.69) is 6.92 Å². The van der Waals surface area contributed by atoms with Crippen molar-refractivity contribution in [2.24, 2.45) is 29.1 Å². The number of amides is 4. The molecule has 3 atom stereocenters. The number of unbranched alkanes of at least 4 members (excludes halogenated alkanes) is 1. The van der Waals surface area contributed by atoms with Crippen LogP contribution in [0.4, 0.5) is 9.59 Å². The van der Waals surface area contributed by atoms with Gasteiger partial charge in [-0.25, -0.2) is 21.3 Å². The van der Waals surface area contributed by atoms with Crippen molar-refractivity contribution in [1.82, 2.24) is 10.0 Å². The largest absolute Gasteiger partial charge is 0.350 e. The molecule has 0 bridgehead atoms. The Balaban J connectivity index is 2.75. The summed E-state index contributed by atoms with van der Waals surface area (Å²) in [7, 11) is 0. The van der Waals surface area contributed by atoms with Crippen LogP contribution >= 0.6 is 0 Å². The topological polar surface area (TPSA) is 145 Å². The Labute approximate surface area is 119 Å². The number of hydrogen-bond donors (Lipinski definition) is 4. The molecule has 0 aromatic heterocycles. The Morgan fingerprint density at radius 2 is 1.70 bits per heavy atom. The van der Waals surface area contributed by atoms with Crippen LogP contribution < -0.4 is 23.2 Å². The molecule has 1 rings (SSSR count). The molecular weight excluding hydrogens is 260 g/mol. The molecule has 8 N–H and O–H groups in total. The summed E-state index contributed by atoms with van der Waals surface area (Å²) in [6, 6.07) is -1.47. The number of carbonyl (C=O) groups excluding carboxylic acids is 2. The molecule has 3 unspecified atom stereocenters. The standard InChI is InChI=1S/C12H26N6O2/c1-2-3-4-8-7-9(17(15)11(13)19)5-6-10(8)18(16)12(14)20/h8-10H,2-7,15-16H2,1H3,(H2,13,19)(H2,14,20). The maximum Gasteiger partial charge on any atom is 0.329 e. The predicted octanol–water partition coefficient (Wildman–Crippen LogP) is 0.223. The molecule has 0 heterocycles. The minimum Gasteiger partial charge on any atom is -0.350 e. The van der Waals surface area contributed by atoms with Gasteiger partial charge in [-0.1, -0.05) is 19.8 Å². The lowest BCUT2D eigenvalue weighted by Crippen LogP contribution is -2.57. The van der Waals surface area contributed by atoms with E-state index in [1.165, 1.54) is 0 Å². The fourth-order valence-electron chi connectivity index (χ4n) is 2.96. The summed E-state index contributed by atoms with van der Waals surface area (Å²) in [6.07, 6.45) is 5.02. The maximum atomic E-state index is 11.3. The van der Waals surface area contributed by atoms with Gasteiger partial charge < -0.3 is 11.5 Å². The smallest absolute Gasteiger partial charge is 0.329 e. The highest BCUT2D eigenvalue weighted by Gasteiger charge is 2.36. The normalized spacial score (nSPS) is 26.1. The van der Waals surface area contributed by atoms with Crippen molar-refractivity contribution >= 4 is 12.1 Å². The minimum absolute atomic E-state index is 0.100. The molecule has 4 amide bonds. The Morgan fingerprint density at radius 3 is 2.20 bits per heavy atom. The zero-order valence-corrected chi connectivity index (χ0v) is 12.0. The molecule has 1 aliphatic carbocycles. The highest BCUT2D eigenvalue weighted by atomic mass is 16.2. The number of nitrogens with two attached hydrogens (primary N) is 4. The van der Waals surface area contributed by atoms with Crippen LogP contribution in [0, 0.1) is 5.92 Å². The molecule has 8 nitrogen and oxygen atoms in total. The summed E-state index contributed by atoms with van der Waals surface area (Å²) in [5, 5.41) is 2.20. The molecule has 20 heavy (non-hydrogen) atoms. The van der Waals surface area contributed by atoms with E-state index in [4.69, 9.17) is 23.2 Å². The molecule has 1 saturated carbocycles. The van der Waals surface area contributed by atoms with Crippen molar-refractivity contribution in [2.75, 3.05) is 0 Å². The number of carbonyl (C=O) groups is 2. The monoisotopic (exact) mass is 286 g/mol. The molecule has 0 aromatic carbocycles. The molecule has 1 aliphatic rings. The fourth-order valence-corrected chi connectivity index (χ4v) is 2.96. The number of primary amides is 2. The van der Waals surface area contributed by atoms with Crippen LogP contribution in [0.25, 0.3) is 0 Å². The van der Waals surface area contributed by atoms with E-state index in [-0.39, 0.29) is 18.0 Å². The molecule has 0 spiro atoms. The van der Waals surface area contributed by atoms with Gasteiger partial charge >= 0.3 is 12.1 Å². The molecule has 0 aliphatic heterocycles. The SMILES string of the molecule is CCCCC1CC(N(N)C(N)=O)CCC1N(N)C(N)=O. The first kappa shape index (κ1) is 16.5. The Morgan fingerprint density at radius 1 is 1.10 bits per heavy atom. The first-order valence-corrected chi connectivity index (χ1v) is 7.05. The number of hydrogen-bond acceptors (Lipinski definition) is 4. The quantitative estimate of drug-likeness (QED) is 0.325. The molecule has 1 fully saturated rings. The van der Waals surface area contributed by atoms with Crippen LogP contribution in [0.3, 0.4) is 0 Å².